The molecule has 3 rings (SSSR count). The van der Waals surface area contributed by atoms with E-state index in [1.807, 2.05) is 33.8 Å². The van der Waals surface area contributed by atoms with Crippen molar-refractivity contribution < 1.29 is 13.9 Å². The lowest BCUT2D eigenvalue weighted by atomic mass is 9.96. The number of hydrogen-bond acceptors (Lipinski definition) is 5. The number of benzene rings is 1. The van der Waals surface area contributed by atoms with Gasteiger partial charge in [-0.3, -0.25) is 4.90 Å². The highest BCUT2D eigenvalue weighted by Crippen LogP contribution is 2.29. The lowest BCUT2D eigenvalue weighted by Crippen LogP contribution is -2.32. The first-order chi connectivity index (χ1) is 12.5. The number of oxazole rings is 1. The zero-order valence-corrected chi connectivity index (χ0v) is 16.3. The van der Waals surface area contributed by atoms with Crippen molar-refractivity contribution in [1.29, 1.82) is 0 Å². The third kappa shape index (κ3) is 5.24. The molecule has 0 N–H and O–H groups in total. The van der Waals surface area contributed by atoms with E-state index in [1.165, 1.54) is 5.56 Å². The summed E-state index contributed by atoms with van der Waals surface area (Å²) in [5.74, 6) is 3.08. The summed E-state index contributed by atoms with van der Waals surface area (Å²) in [5.41, 5.74) is 1.23. The van der Waals surface area contributed by atoms with Gasteiger partial charge in [0.05, 0.1) is 18.4 Å². The summed E-state index contributed by atoms with van der Waals surface area (Å²) >= 11 is 0. The van der Waals surface area contributed by atoms with Crippen molar-refractivity contribution in [2.75, 3.05) is 13.1 Å². The second kappa shape index (κ2) is 8.58. The maximum absolute atomic E-state index is 5.91. The molecule has 0 unspecified atom stereocenters. The van der Waals surface area contributed by atoms with E-state index in [9.17, 15) is 0 Å². The van der Waals surface area contributed by atoms with Crippen LogP contribution in [0.4, 0.5) is 0 Å². The Hall–Kier alpha value is -2.01. The Balaban J connectivity index is 1.64. The van der Waals surface area contributed by atoms with Crippen molar-refractivity contribution in [2.45, 2.75) is 65.2 Å². The monoisotopic (exact) mass is 358 g/mol. The zero-order chi connectivity index (χ0) is 18.5. The highest BCUT2D eigenvalue weighted by atomic mass is 16.5. The molecule has 5 heteroatoms. The van der Waals surface area contributed by atoms with E-state index in [1.54, 1.807) is 12.5 Å². The van der Waals surface area contributed by atoms with Crippen LogP contribution in [-0.4, -0.2) is 35.2 Å². The molecule has 0 bridgehead atoms. The summed E-state index contributed by atoms with van der Waals surface area (Å²) in [6.07, 6.45) is 5.86. The fourth-order valence-corrected chi connectivity index (χ4v) is 3.43. The highest BCUT2D eigenvalue weighted by Gasteiger charge is 2.23. The quantitative estimate of drug-likeness (QED) is 0.722. The highest BCUT2D eigenvalue weighted by molar-refractivity contribution is 5.38. The lowest BCUT2D eigenvalue weighted by molar-refractivity contribution is 0.191. The van der Waals surface area contributed by atoms with Crippen molar-refractivity contribution >= 4 is 0 Å². The number of likely N-dealkylation sites (tertiary alicyclic amines) is 1. The minimum atomic E-state index is 0.147. The van der Waals surface area contributed by atoms with E-state index in [4.69, 9.17) is 13.9 Å². The van der Waals surface area contributed by atoms with E-state index in [0.29, 0.717) is 5.92 Å². The van der Waals surface area contributed by atoms with Gasteiger partial charge in [-0.25, -0.2) is 4.98 Å². The van der Waals surface area contributed by atoms with Crippen LogP contribution in [0, 0.1) is 0 Å². The van der Waals surface area contributed by atoms with E-state index in [2.05, 4.69) is 22.0 Å². The second-order valence-corrected chi connectivity index (χ2v) is 7.57. The predicted molar refractivity (Wildman–Crippen MR) is 102 cm³/mol. The van der Waals surface area contributed by atoms with Crippen LogP contribution in [0.3, 0.4) is 0 Å². The van der Waals surface area contributed by atoms with Crippen molar-refractivity contribution in [1.82, 2.24) is 9.88 Å². The maximum atomic E-state index is 5.91. The molecule has 1 aliphatic rings. The summed E-state index contributed by atoms with van der Waals surface area (Å²) < 4.78 is 17.3. The molecule has 1 aliphatic heterocycles. The molecule has 5 nitrogen and oxygen atoms in total. The Morgan fingerprint density at radius 2 is 1.65 bits per heavy atom. The minimum Gasteiger partial charge on any atom is -0.491 e. The molecule has 2 aromatic rings. The molecule has 1 aromatic carbocycles. The Kier molecular flexibility index (Phi) is 6.20. The van der Waals surface area contributed by atoms with Crippen molar-refractivity contribution in [3.05, 3.63) is 42.1 Å². The number of ether oxygens (including phenoxy) is 2. The molecule has 26 heavy (non-hydrogen) atoms. The minimum absolute atomic E-state index is 0.147. The number of aromatic nitrogens is 1. The van der Waals surface area contributed by atoms with E-state index < -0.39 is 0 Å². The molecule has 1 fully saturated rings. The third-order valence-corrected chi connectivity index (χ3v) is 4.48. The fourth-order valence-electron chi connectivity index (χ4n) is 3.43. The topological polar surface area (TPSA) is 47.7 Å². The molecule has 0 radical (unpaired) electrons. The first kappa shape index (κ1) is 18.8. The average Bonchev–Trinajstić information content (AvgIpc) is 3.08. The van der Waals surface area contributed by atoms with Gasteiger partial charge in [-0.1, -0.05) is 0 Å². The van der Waals surface area contributed by atoms with Gasteiger partial charge in [0.2, 0.25) is 0 Å². The van der Waals surface area contributed by atoms with Crippen LogP contribution in [0.15, 0.2) is 35.1 Å². The number of nitrogens with zero attached hydrogens (tertiary/aromatic N) is 2. The van der Waals surface area contributed by atoms with Crippen LogP contribution in [-0.2, 0) is 6.54 Å². The molecule has 1 aromatic heterocycles. The van der Waals surface area contributed by atoms with Crippen LogP contribution < -0.4 is 9.47 Å². The Morgan fingerprint density at radius 1 is 1.04 bits per heavy atom. The van der Waals surface area contributed by atoms with Gasteiger partial charge in [0, 0.05) is 18.5 Å². The predicted octanol–water partition coefficient (Wildman–Crippen LogP) is 4.63. The number of rotatable bonds is 7. The summed E-state index contributed by atoms with van der Waals surface area (Å²) in [5, 5.41) is 0. The van der Waals surface area contributed by atoms with Crippen molar-refractivity contribution in [2.24, 2.45) is 0 Å². The summed E-state index contributed by atoms with van der Waals surface area (Å²) in [6, 6.07) is 6.25. The molecular formula is C21H30N2O3. The van der Waals surface area contributed by atoms with Gasteiger partial charge in [0.25, 0.3) is 0 Å². The first-order valence-electron chi connectivity index (χ1n) is 9.58. The number of hydrogen-bond donors (Lipinski definition) is 0. The fraction of sp³-hybridized carbons (Fsp3) is 0.571. The summed E-state index contributed by atoms with van der Waals surface area (Å²) in [4.78, 5) is 6.79. The Bertz CT molecular complexity index is 646. The van der Waals surface area contributed by atoms with Crippen LogP contribution >= 0.6 is 0 Å². The van der Waals surface area contributed by atoms with Gasteiger partial charge < -0.3 is 13.9 Å². The van der Waals surface area contributed by atoms with E-state index >= 15 is 0 Å². The second-order valence-electron chi connectivity index (χ2n) is 7.57. The Morgan fingerprint density at radius 3 is 2.15 bits per heavy atom. The van der Waals surface area contributed by atoms with E-state index in [0.717, 1.165) is 49.9 Å². The molecule has 142 valence electrons. The summed E-state index contributed by atoms with van der Waals surface area (Å²) in [6.45, 7) is 11.2. The number of piperidine rings is 1. The zero-order valence-electron chi connectivity index (χ0n) is 16.3. The summed E-state index contributed by atoms with van der Waals surface area (Å²) in [7, 11) is 0. The van der Waals surface area contributed by atoms with Crippen LogP contribution in [0.25, 0.3) is 0 Å². The normalized spacial score (nSPS) is 16.4. The largest absolute Gasteiger partial charge is 0.491 e. The molecule has 0 spiro atoms. The van der Waals surface area contributed by atoms with Crippen LogP contribution in [0.1, 0.15) is 57.9 Å². The average molecular weight is 358 g/mol. The molecule has 2 heterocycles. The molecule has 1 saturated heterocycles. The SMILES string of the molecule is CC(C)Oc1cc(CN2CCC(c3ncco3)CC2)cc(OC(C)C)c1. The van der Waals surface area contributed by atoms with Crippen LogP contribution in [0.5, 0.6) is 11.5 Å². The van der Waals surface area contributed by atoms with Gasteiger partial charge in [-0.2, -0.15) is 0 Å². The van der Waals surface area contributed by atoms with Crippen LogP contribution in [0.2, 0.25) is 0 Å². The van der Waals surface area contributed by atoms with Crippen molar-refractivity contribution in [3.8, 4) is 11.5 Å². The van der Waals surface area contributed by atoms with E-state index in [-0.39, 0.29) is 12.2 Å². The smallest absolute Gasteiger partial charge is 0.197 e. The standard InChI is InChI=1S/C21H30N2O3/c1-15(2)25-19-11-17(12-20(13-19)26-16(3)4)14-23-8-5-18(6-9-23)21-22-7-10-24-21/h7,10-13,15-16,18H,5-6,8-9,14H2,1-4H3. The van der Waals surface area contributed by atoms with Gasteiger partial charge in [0.15, 0.2) is 5.89 Å². The molecule has 0 saturated carbocycles. The Labute approximate surface area is 156 Å². The molecule has 0 amide bonds. The first-order valence-corrected chi connectivity index (χ1v) is 9.58. The van der Waals surface area contributed by atoms with Gasteiger partial charge in [0.1, 0.15) is 17.8 Å². The third-order valence-electron chi connectivity index (χ3n) is 4.48. The van der Waals surface area contributed by atoms with Gasteiger partial charge >= 0.3 is 0 Å². The van der Waals surface area contributed by atoms with Gasteiger partial charge in [-0.05, 0) is 71.3 Å². The van der Waals surface area contributed by atoms with Gasteiger partial charge in [-0.15, -0.1) is 0 Å². The molecule has 0 aliphatic carbocycles. The molecule has 0 atom stereocenters. The molecular weight excluding hydrogens is 328 g/mol. The van der Waals surface area contributed by atoms with Crippen molar-refractivity contribution in [3.63, 3.8) is 0 Å². The maximum Gasteiger partial charge on any atom is 0.197 e. The lowest BCUT2D eigenvalue weighted by Gasteiger charge is -2.30.